The first-order chi connectivity index (χ1) is 15.3. The Morgan fingerprint density at radius 1 is 1.09 bits per heavy atom. The molecule has 9 nitrogen and oxygen atoms in total. The standard InChI is InChI=1S/C23H28N6O3/c1-15(2)19-13-17(18-14-24-28(16(3)4)22(18)25-19)23(30)27-11-9-26(10-12-27)20-7-5-6-8-21(20)29(31)32/h5-8,13-16H,9-12H2,1-4H3. The average molecular weight is 437 g/mol. The molecule has 1 saturated heterocycles. The van der Waals surface area contributed by atoms with Gasteiger partial charge in [0.25, 0.3) is 11.6 Å². The number of para-hydroxylation sites is 2. The second kappa shape index (κ2) is 8.57. The average Bonchev–Trinajstić information content (AvgIpc) is 3.22. The molecular weight excluding hydrogens is 408 g/mol. The fraction of sp³-hybridized carbons (Fsp3) is 0.435. The molecule has 9 heteroatoms. The number of aromatic nitrogens is 3. The maximum atomic E-state index is 13.5. The van der Waals surface area contributed by atoms with Gasteiger partial charge in [0.05, 0.1) is 22.1 Å². The molecule has 0 spiro atoms. The van der Waals surface area contributed by atoms with Crippen molar-refractivity contribution >= 4 is 28.3 Å². The minimum absolute atomic E-state index is 0.0511. The summed E-state index contributed by atoms with van der Waals surface area (Å²) in [6.45, 7) is 10.3. The molecule has 0 N–H and O–H groups in total. The molecule has 1 aromatic carbocycles. The highest BCUT2D eigenvalue weighted by Crippen LogP contribution is 2.29. The molecule has 0 atom stereocenters. The topological polar surface area (TPSA) is 97.4 Å². The zero-order chi connectivity index (χ0) is 23.0. The van der Waals surface area contributed by atoms with Crippen molar-refractivity contribution in [1.82, 2.24) is 19.7 Å². The van der Waals surface area contributed by atoms with Crippen LogP contribution in [-0.4, -0.2) is 56.7 Å². The number of fused-ring (bicyclic) bond motifs is 1. The summed E-state index contributed by atoms with van der Waals surface area (Å²) in [7, 11) is 0. The minimum Gasteiger partial charge on any atom is -0.362 e. The van der Waals surface area contributed by atoms with Crippen molar-refractivity contribution in [3.8, 4) is 0 Å². The summed E-state index contributed by atoms with van der Waals surface area (Å²) < 4.78 is 1.85. The van der Waals surface area contributed by atoms with E-state index in [4.69, 9.17) is 4.98 Å². The molecule has 3 heterocycles. The Morgan fingerprint density at radius 3 is 2.41 bits per heavy atom. The third-order valence-corrected chi connectivity index (χ3v) is 5.88. The molecule has 0 unspecified atom stereocenters. The van der Waals surface area contributed by atoms with Crippen LogP contribution in [0.3, 0.4) is 0 Å². The minimum atomic E-state index is -0.361. The predicted molar refractivity (Wildman–Crippen MR) is 123 cm³/mol. The zero-order valence-corrected chi connectivity index (χ0v) is 18.9. The van der Waals surface area contributed by atoms with Crippen LogP contribution in [0.1, 0.15) is 55.7 Å². The summed E-state index contributed by atoms with van der Waals surface area (Å²) in [4.78, 5) is 33.1. The van der Waals surface area contributed by atoms with Crippen LogP contribution in [0.4, 0.5) is 11.4 Å². The highest BCUT2D eigenvalue weighted by molar-refractivity contribution is 6.05. The number of carbonyl (C=O) groups is 1. The van der Waals surface area contributed by atoms with Crippen molar-refractivity contribution in [2.24, 2.45) is 0 Å². The van der Waals surface area contributed by atoms with E-state index >= 15 is 0 Å². The number of benzene rings is 1. The molecule has 0 aliphatic carbocycles. The van der Waals surface area contributed by atoms with Crippen LogP contribution in [0.25, 0.3) is 11.0 Å². The molecule has 2 aromatic heterocycles. The van der Waals surface area contributed by atoms with Gasteiger partial charge in [-0.05, 0) is 31.9 Å². The van der Waals surface area contributed by atoms with Gasteiger partial charge < -0.3 is 9.80 Å². The van der Waals surface area contributed by atoms with E-state index in [2.05, 4.69) is 18.9 Å². The Hall–Kier alpha value is -3.49. The van der Waals surface area contributed by atoms with Gasteiger partial charge in [0.15, 0.2) is 5.65 Å². The first-order valence-corrected chi connectivity index (χ1v) is 10.9. The van der Waals surface area contributed by atoms with Crippen molar-refractivity contribution in [3.63, 3.8) is 0 Å². The van der Waals surface area contributed by atoms with Crippen LogP contribution in [0, 0.1) is 10.1 Å². The molecule has 32 heavy (non-hydrogen) atoms. The number of carbonyl (C=O) groups excluding carboxylic acids is 1. The lowest BCUT2D eigenvalue weighted by Gasteiger charge is -2.36. The fourth-order valence-corrected chi connectivity index (χ4v) is 4.09. The van der Waals surface area contributed by atoms with Crippen molar-refractivity contribution in [1.29, 1.82) is 0 Å². The quantitative estimate of drug-likeness (QED) is 0.443. The third kappa shape index (κ3) is 3.90. The van der Waals surface area contributed by atoms with Crippen LogP contribution in [-0.2, 0) is 0 Å². The van der Waals surface area contributed by atoms with Gasteiger partial charge in [-0.1, -0.05) is 26.0 Å². The van der Waals surface area contributed by atoms with Crippen molar-refractivity contribution in [3.05, 3.63) is 57.9 Å². The molecule has 3 aromatic rings. The molecule has 1 aliphatic heterocycles. The van der Waals surface area contributed by atoms with Crippen molar-refractivity contribution < 1.29 is 9.72 Å². The SMILES string of the molecule is CC(C)c1cc(C(=O)N2CCN(c3ccccc3[N+](=O)[O-])CC2)c2cnn(C(C)C)c2n1. The van der Waals surface area contributed by atoms with Gasteiger partial charge in [0.1, 0.15) is 5.69 Å². The molecule has 0 bridgehead atoms. The molecule has 0 saturated carbocycles. The van der Waals surface area contributed by atoms with Crippen LogP contribution in [0.5, 0.6) is 0 Å². The number of pyridine rings is 1. The Morgan fingerprint density at radius 2 is 1.78 bits per heavy atom. The number of nitro benzene ring substituents is 1. The number of anilines is 1. The summed E-state index contributed by atoms with van der Waals surface area (Å²) in [6, 6.07) is 8.76. The largest absolute Gasteiger partial charge is 0.362 e. The number of amides is 1. The smallest absolute Gasteiger partial charge is 0.292 e. The normalized spacial score (nSPS) is 14.6. The first-order valence-electron chi connectivity index (χ1n) is 10.9. The lowest BCUT2D eigenvalue weighted by molar-refractivity contribution is -0.384. The summed E-state index contributed by atoms with van der Waals surface area (Å²) in [5.74, 6) is 0.127. The van der Waals surface area contributed by atoms with E-state index in [0.717, 1.165) is 16.7 Å². The summed E-state index contributed by atoms with van der Waals surface area (Å²) in [5.41, 5.74) is 2.89. The number of hydrogen-bond acceptors (Lipinski definition) is 6. The third-order valence-electron chi connectivity index (χ3n) is 5.88. The Balaban J connectivity index is 1.61. The summed E-state index contributed by atoms with van der Waals surface area (Å²) >= 11 is 0. The fourth-order valence-electron chi connectivity index (χ4n) is 4.09. The highest BCUT2D eigenvalue weighted by atomic mass is 16.6. The summed E-state index contributed by atoms with van der Waals surface area (Å²) in [5, 5.41) is 16.6. The molecule has 1 fully saturated rings. The predicted octanol–water partition coefficient (Wildman–Crippen LogP) is 4.01. The second-order valence-corrected chi connectivity index (χ2v) is 8.69. The Bertz CT molecular complexity index is 1160. The van der Waals surface area contributed by atoms with E-state index in [1.165, 1.54) is 6.07 Å². The van der Waals surface area contributed by atoms with Crippen LogP contribution in [0.2, 0.25) is 0 Å². The molecule has 1 aliphatic rings. The van der Waals surface area contributed by atoms with Gasteiger partial charge in [-0.3, -0.25) is 14.9 Å². The molecule has 0 radical (unpaired) electrons. The first kappa shape index (κ1) is 21.7. The van der Waals surface area contributed by atoms with E-state index in [-0.39, 0.29) is 28.5 Å². The second-order valence-electron chi connectivity index (χ2n) is 8.69. The van der Waals surface area contributed by atoms with Gasteiger partial charge >= 0.3 is 0 Å². The number of nitrogens with zero attached hydrogens (tertiary/aromatic N) is 6. The Kier molecular flexibility index (Phi) is 5.82. The number of piperazine rings is 1. The van der Waals surface area contributed by atoms with E-state index < -0.39 is 0 Å². The zero-order valence-electron chi connectivity index (χ0n) is 18.9. The van der Waals surface area contributed by atoms with Gasteiger partial charge in [0, 0.05) is 44.0 Å². The maximum absolute atomic E-state index is 13.5. The molecule has 168 valence electrons. The monoisotopic (exact) mass is 436 g/mol. The van der Waals surface area contributed by atoms with Gasteiger partial charge in [0.2, 0.25) is 0 Å². The van der Waals surface area contributed by atoms with E-state index in [9.17, 15) is 14.9 Å². The molecule has 1 amide bonds. The number of nitro groups is 1. The van der Waals surface area contributed by atoms with Gasteiger partial charge in [-0.25, -0.2) is 9.67 Å². The van der Waals surface area contributed by atoms with Crippen LogP contribution < -0.4 is 4.90 Å². The Labute approximate surface area is 186 Å². The molecular formula is C23H28N6O3. The molecule has 4 rings (SSSR count). The maximum Gasteiger partial charge on any atom is 0.292 e. The van der Waals surface area contributed by atoms with Crippen LogP contribution >= 0.6 is 0 Å². The number of rotatable bonds is 5. The number of hydrogen-bond donors (Lipinski definition) is 0. The highest BCUT2D eigenvalue weighted by Gasteiger charge is 2.28. The van der Waals surface area contributed by atoms with Crippen LogP contribution in [0.15, 0.2) is 36.5 Å². The van der Waals surface area contributed by atoms with Gasteiger partial charge in [-0.2, -0.15) is 5.10 Å². The van der Waals surface area contributed by atoms with Crippen molar-refractivity contribution in [2.75, 3.05) is 31.1 Å². The van der Waals surface area contributed by atoms with E-state index in [1.54, 1.807) is 24.4 Å². The van der Waals surface area contributed by atoms with Gasteiger partial charge in [-0.15, -0.1) is 0 Å². The van der Waals surface area contributed by atoms with Crippen molar-refractivity contribution in [2.45, 2.75) is 39.7 Å². The lowest BCUT2D eigenvalue weighted by Crippen LogP contribution is -2.49. The summed E-state index contributed by atoms with van der Waals surface area (Å²) in [6.07, 6.45) is 1.73. The lowest BCUT2D eigenvalue weighted by atomic mass is 10.0. The van der Waals surface area contributed by atoms with E-state index in [1.807, 2.05) is 34.4 Å². The van der Waals surface area contributed by atoms with E-state index in [0.29, 0.717) is 37.4 Å².